The Hall–Kier alpha value is -0.950. The lowest BCUT2D eigenvalue weighted by atomic mass is 10.1. The van der Waals surface area contributed by atoms with Gasteiger partial charge in [-0.05, 0) is 19.4 Å². The van der Waals surface area contributed by atoms with E-state index in [1.807, 2.05) is 4.90 Å². The van der Waals surface area contributed by atoms with Gasteiger partial charge in [-0.1, -0.05) is 0 Å². The Labute approximate surface area is 116 Å². The highest BCUT2D eigenvalue weighted by Gasteiger charge is 2.39. The lowest BCUT2D eigenvalue weighted by molar-refractivity contribution is -0.141. The van der Waals surface area contributed by atoms with Crippen molar-refractivity contribution >= 4 is 23.8 Å². The quantitative estimate of drug-likeness (QED) is 0.753. The molecule has 7 heteroatoms. The molecule has 0 aromatic rings. The van der Waals surface area contributed by atoms with E-state index in [9.17, 15) is 9.59 Å². The maximum atomic E-state index is 12.5. The van der Waals surface area contributed by atoms with Crippen molar-refractivity contribution in [3.05, 3.63) is 0 Å². The van der Waals surface area contributed by atoms with Crippen molar-refractivity contribution in [1.29, 1.82) is 0 Å². The van der Waals surface area contributed by atoms with Gasteiger partial charge in [0.1, 0.15) is 6.04 Å². The second kappa shape index (κ2) is 5.20. The van der Waals surface area contributed by atoms with E-state index >= 15 is 0 Å². The van der Waals surface area contributed by atoms with Gasteiger partial charge >= 0.3 is 12.0 Å². The van der Waals surface area contributed by atoms with Crippen LogP contribution in [-0.4, -0.2) is 81.7 Å². The van der Waals surface area contributed by atoms with E-state index in [1.165, 1.54) is 23.1 Å². The van der Waals surface area contributed by atoms with Crippen LogP contribution in [0.3, 0.4) is 0 Å². The average molecular weight is 285 g/mol. The van der Waals surface area contributed by atoms with Gasteiger partial charge in [0.05, 0.1) is 5.88 Å². The van der Waals surface area contributed by atoms with Crippen LogP contribution in [0.15, 0.2) is 0 Å². The van der Waals surface area contributed by atoms with Gasteiger partial charge in [-0.2, -0.15) is 0 Å². The number of carboxylic acid groups (broad SMARTS) is 1. The molecule has 0 radical (unpaired) electrons. The van der Waals surface area contributed by atoms with Gasteiger partial charge in [0, 0.05) is 31.4 Å². The van der Waals surface area contributed by atoms with E-state index in [-0.39, 0.29) is 6.03 Å². The third-order valence-corrected chi connectivity index (χ3v) is 5.28. The number of hydrogen-bond acceptors (Lipinski definition) is 4. The number of aliphatic carboxylic acids is 1. The molecule has 2 amide bonds. The maximum absolute atomic E-state index is 12.5. The SMILES string of the molecule is O=C(O)[C@@H]1CSCN1C(=O)N1CCN2CCCC2C1. The minimum Gasteiger partial charge on any atom is -0.480 e. The zero-order chi connectivity index (χ0) is 13.4. The number of urea groups is 1. The monoisotopic (exact) mass is 285 g/mol. The number of hydrogen-bond donors (Lipinski definition) is 1. The number of nitrogens with zero attached hydrogens (tertiary/aromatic N) is 3. The first-order chi connectivity index (χ1) is 9.16. The number of carbonyl (C=O) groups is 2. The summed E-state index contributed by atoms with van der Waals surface area (Å²) in [5.74, 6) is 0.114. The number of thioether (sulfide) groups is 1. The maximum Gasteiger partial charge on any atom is 0.327 e. The molecule has 1 unspecified atom stereocenters. The Kier molecular flexibility index (Phi) is 3.58. The molecule has 6 nitrogen and oxygen atoms in total. The van der Waals surface area contributed by atoms with Crippen LogP contribution in [0.4, 0.5) is 4.79 Å². The van der Waals surface area contributed by atoms with Crippen LogP contribution in [-0.2, 0) is 4.79 Å². The molecule has 0 saturated carbocycles. The number of piperazine rings is 1. The average Bonchev–Trinajstić information content (AvgIpc) is 3.05. The summed E-state index contributed by atoms with van der Waals surface area (Å²) in [6.45, 7) is 3.55. The fraction of sp³-hybridized carbons (Fsp3) is 0.833. The number of carboxylic acids is 1. The number of rotatable bonds is 1. The Morgan fingerprint density at radius 3 is 2.84 bits per heavy atom. The minimum absolute atomic E-state index is 0.0936. The van der Waals surface area contributed by atoms with E-state index in [0.717, 1.165) is 32.6 Å². The summed E-state index contributed by atoms with van der Waals surface area (Å²) in [6, 6.07) is -0.265. The Morgan fingerprint density at radius 1 is 1.21 bits per heavy atom. The molecule has 0 aromatic heterocycles. The standard InChI is InChI=1S/C12H19N3O3S/c16-11(17)10-7-19-8-15(10)12(18)14-5-4-13-3-1-2-9(13)6-14/h9-10H,1-8H2,(H,16,17)/t9?,10-/m0/s1. The molecular formula is C12H19N3O3S. The summed E-state index contributed by atoms with van der Waals surface area (Å²) in [4.78, 5) is 29.4. The van der Waals surface area contributed by atoms with Crippen molar-refractivity contribution in [3.63, 3.8) is 0 Å². The van der Waals surface area contributed by atoms with Crippen LogP contribution in [0.1, 0.15) is 12.8 Å². The summed E-state index contributed by atoms with van der Waals surface area (Å²) in [6.07, 6.45) is 2.37. The van der Waals surface area contributed by atoms with Gasteiger partial charge in [0.25, 0.3) is 0 Å². The van der Waals surface area contributed by atoms with Gasteiger partial charge < -0.3 is 14.9 Å². The molecule has 0 aliphatic carbocycles. The van der Waals surface area contributed by atoms with Crippen LogP contribution in [0.2, 0.25) is 0 Å². The second-order valence-electron chi connectivity index (χ2n) is 5.38. The zero-order valence-electron chi connectivity index (χ0n) is 10.8. The molecule has 3 heterocycles. The lowest BCUT2D eigenvalue weighted by Crippen LogP contribution is -2.57. The van der Waals surface area contributed by atoms with Crippen molar-refractivity contribution in [2.45, 2.75) is 24.9 Å². The Balaban J connectivity index is 1.65. The van der Waals surface area contributed by atoms with E-state index < -0.39 is 12.0 Å². The Morgan fingerprint density at radius 2 is 2.05 bits per heavy atom. The smallest absolute Gasteiger partial charge is 0.327 e. The predicted molar refractivity (Wildman–Crippen MR) is 72.2 cm³/mol. The molecule has 2 atom stereocenters. The van der Waals surface area contributed by atoms with Crippen LogP contribution < -0.4 is 0 Å². The highest BCUT2D eigenvalue weighted by Crippen LogP contribution is 2.26. The first-order valence-electron chi connectivity index (χ1n) is 6.77. The molecule has 3 saturated heterocycles. The third-order valence-electron chi connectivity index (χ3n) is 4.27. The molecule has 0 spiro atoms. The minimum atomic E-state index is -0.891. The molecule has 106 valence electrons. The molecule has 0 aromatic carbocycles. The molecule has 3 fully saturated rings. The van der Waals surface area contributed by atoms with E-state index in [4.69, 9.17) is 5.11 Å². The number of amides is 2. The summed E-state index contributed by atoms with van der Waals surface area (Å²) in [5.41, 5.74) is 0. The first-order valence-corrected chi connectivity index (χ1v) is 7.92. The van der Waals surface area contributed by atoms with Crippen molar-refractivity contribution in [1.82, 2.24) is 14.7 Å². The van der Waals surface area contributed by atoms with Crippen molar-refractivity contribution in [2.24, 2.45) is 0 Å². The topological polar surface area (TPSA) is 64.1 Å². The van der Waals surface area contributed by atoms with Crippen molar-refractivity contribution in [2.75, 3.05) is 37.8 Å². The van der Waals surface area contributed by atoms with Crippen LogP contribution in [0.5, 0.6) is 0 Å². The summed E-state index contributed by atoms with van der Waals surface area (Å²) < 4.78 is 0. The predicted octanol–water partition coefficient (Wildman–Crippen LogP) is 0.346. The fourth-order valence-corrected chi connectivity index (χ4v) is 4.32. The van der Waals surface area contributed by atoms with E-state index in [1.54, 1.807) is 0 Å². The van der Waals surface area contributed by atoms with Gasteiger partial charge in [-0.25, -0.2) is 9.59 Å². The first kappa shape index (κ1) is 13.1. The molecule has 3 rings (SSSR count). The Bertz CT molecular complexity index is 392. The largest absolute Gasteiger partial charge is 0.480 e. The molecular weight excluding hydrogens is 266 g/mol. The van der Waals surface area contributed by atoms with Crippen molar-refractivity contribution in [3.8, 4) is 0 Å². The summed E-state index contributed by atoms with van der Waals surface area (Å²) in [7, 11) is 0. The fourth-order valence-electron chi connectivity index (χ4n) is 3.18. The second-order valence-corrected chi connectivity index (χ2v) is 6.38. The normalized spacial score (nSPS) is 31.6. The van der Waals surface area contributed by atoms with E-state index in [0.29, 0.717) is 17.7 Å². The lowest BCUT2D eigenvalue weighted by Gasteiger charge is -2.39. The highest BCUT2D eigenvalue weighted by atomic mass is 32.2. The zero-order valence-corrected chi connectivity index (χ0v) is 11.6. The molecule has 0 bridgehead atoms. The van der Waals surface area contributed by atoms with Gasteiger partial charge in [0.2, 0.25) is 0 Å². The van der Waals surface area contributed by atoms with Crippen LogP contribution >= 0.6 is 11.8 Å². The number of carbonyl (C=O) groups excluding carboxylic acids is 1. The third kappa shape index (κ3) is 2.41. The molecule has 1 N–H and O–H groups in total. The summed E-state index contributed by atoms with van der Waals surface area (Å²) >= 11 is 1.52. The molecule has 3 aliphatic rings. The van der Waals surface area contributed by atoms with Crippen LogP contribution in [0, 0.1) is 0 Å². The highest BCUT2D eigenvalue weighted by molar-refractivity contribution is 7.99. The van der Waals surface area contributed by atoms with E-state index in [2.05, 4.69) is 4.90 Å². The van der Waals surface area contributed by atoms with Gasteiger partial charge in [-0.3, -0.25) is 4.90 Å². The summed E-state index contributed by atoms with van der Waals surface area (Å²) in [5, 5.41) is 9.15. The van der Waals surface area contributed by atoms with Crippen molar-refractivity contribution < 1.29 is 14.7 Å². The van der Waals surface area contributed by atoms with Gasteiger partial charge in [0.15, 0.2) is 0 Å². The van der Waals surface area contributed by atoms with Crippen LogP contribution in [0.25, 0.3) is 0 Å². The molecule has 19 heavy (non-hydrogen) atoms. The van der Waals surface area contributed by atoms with Gasteiger partial charge in [-0.15, -0.1) is 11.8 Å². The number of fused-ring (bicyclic) bond motifs is 1. The molecule has 3 aliphatic heterocycles.